The average Bonchev–Trinajstić information content (AvgIpc) is 2.37. The molecular formula is C13H16BrN3O. The molecule has 0 aliphatic heterocycles. The molecule has 1 aromatic carbocycles. The van der Waals surface area contributed by atoms with Gasteiger partial charge in [-0.05, 0) is 37.6 Å². The standard InChI is InChI=1S/C13H16BrN3O/c14-11-5-6-12(10(8-11)9-16)17-13(18)4-2-1-3-7-15/h5-6,8H,1-4,7,15H2,(H,17,18). The van der Waals surface area contributed by atoms with Crippen molar-refractivity contribution in [1.82, 2.24) is 0 Å². The predicted octanol–water partition coefficient (Wildman–Crippen LogP) is 2.78. The summed E-state index contributed by atoms with van der Waals surface area (Å²) >= 11 is 3.29. The van der Waals surface area contributed by atoms with Crippen LogP contribution in [0.5, 0.6) is 0 Å². The summed E-state index contributed by atoms with van der Waals surface area (Å²) in [5, 5.41) is 11.7. The molecule has 1 amide bonds. The van der Waals surface area contributed by atoms with E-state index >= 15 is 0 Å². The fourth-order valence-electron chi connectivity index (χ4n) is 1.54. The molecule has 0 saturated carbocycles. The molecule has 5 heteroatoms. The van der Waals surface area contributed by atoms with Gasteiger partial charge in [-0.15, -0.1) is 0 Å². The van der Waals surface area contributed by atoms with Crippen LogP contribution in [-0.4, -0.2) is 12.5 Å². The summed E-state index contributed by atoms with van der Waals surface area (Å²) in [6.07, 6.45) is 3.17. The fraction of sp³-hybridized carbons (Fsp3) is 0.385. The van der Waals surface area contributed by atoms with E-state index in [0.29, 0.717) is 24.2 Å². The number of carbonyl (C=O) groups excluding carboxylic acids is 1. The van der Waals surface area contributed by atoms with Crippen molar-refractivity contribution < 1.29 is 4.79 Å². The van der Waals surface area contributed by atoms with Gasteiger partial charge in [0.25, 0.3) is 0 Å². The number of benzene rings is 1. The molecule has 1 aromatic rings. The van der Waals surface area contributed by atoms with Gasteiger partial charge in [0.05, 0.1) is 11.3 Å². The van der Waals surface area contributed by atoms with Crippen LogP contribution >= 0.6 is 15.9 Å². The summed E-state index contributed by atoms with van der Waals surface area (Å²) in [5.41, 5.74) is 6.40. The highest BCUT2D eigenvalue weighted by Gasteiger charge is 2.07. The number of amides is 1. The van der Waals surface area contributed by atoms with Crippen LogP contribution < -0.4 is 11.1 Å². The molecule has 0 aliphatic carbocycles. The third-order valence-electron chi connectivity index (χ3n) is 2.48. The molecule has 0 spiro atoms. The van der Waals surface area contributed by atoms with Gasteiger partial charge in [-0.2, -0.15) is 5.26 Å². The second-order valence-electron chi connectivity index (χ2n) is 3.95. The zero-order chi connectivity index (χ0) is 13.4. The van der Waals surface area contributed by atoms with Crippen molar-refractivity contribution in [2.75, 3.05) is 11.9 Å². The predicted molar refractivity (Wildman–Crippen MR) is 75.0 cm³/mol. The van der Waals surface area contributed by atoms with E-state index in [0.717, 1.165) is 23.7 Å². The van der Waals surface area contributed by atoms with E-state index < -0.39 is 0 Å². The second-order valence-corrected chi connectivity index (χ2v) is 4.86. The third kappa shape index (κ3) is 4.86. The topological polar surface area (TPSA) is 78.9 Å². The first-order valence-corrected chi connectivity index (χ1v) is 6.66. The molecular weight excluding hydrogens is 294 g/mol. The molecule has 0 aliphatic rings. The number of carbonyl (C=O) groups is 1. The Labute approximate surface area is 115 Å². The Morgan fingerprint density at radius 2 is 2.17 bits per heavy atom. The van der Waals surface area contributed by atoms with Crippen LogP contribution in [-0.2, 0) is 4.79 Å². The lowest BCUT2D eigenvalue weighted by molar-refractivity contribution is -0.116. The number of nitrogens with two attached hydrogens (primary N) is 1. The number of nitrogens with one attached hydrogen (secondary N) is 1. The van der Waals surface area contributed by atoms with E-state index in [1.165, 1.54) is 0 Å². The van der Waals surface area contributed by atoms with Gasteiger partial charge in [0, 0.05) is 10.9 Å². The molecule has 0 radical (unpaired) electrons. The molecule has 18 heavy (non-hydrogen) atoms. The summed E-state index contributed by atoms with van der Waals surface area (Å²) in [4.78, 5) is 11.7. The molecule has 1 rings (SSSR count). The number of hydrogen-bond acceptors (Lipinski definition) is 3. The molecule has 0 heterocycles. The van der Waals surface area contributed by atoms with E-state index in [2.05, 4.69) is 27.3 Å². The number of anilines is 1. The highest BCUT2D eigenvalue weighted by Crippen LogP contribution is 2.20. The largest absolute Gasteiger partial charge is 0.330 e. The van der Waals surface area contributed by atoms with E-state index in [9.17, 15) is 4.79 Å². The Morgan fingerprint density at radius 3 is 2.83 bits per heavy atom. The lowest BCUT2D eigenvalue weighted by Gasteiger charge is -2.07. The summed E-state index contributed by atoms with van der Waals surface area (Å²) < 4.78 is 0.819. The molecule has 0 aromatic heterocycles. The second kappa shape index (κ2) is 7.85. The molecule has 0 unspecified atom stereocenters. The maximum Gasteiger partial charge on any atom is 0.224 e. The van der Waals surface area contributed by atoms with Crippen LogP contribution in [0.2, 0.25) is 0 Å². The van der Waals surface area contributed by atoms with Gasteiger partial charge in [-0.1, -0.05) is 22.4 Å². The molecule has 0 bridgehead atoms. The zero-order valence-corrected chi connectivity index (χ0v) is 11.7. The Bertz CT molecular complexity index is 454. The van der Waals surface area contributed by atoms with E-state index in [1.54, 1.807) is 18.2 Å². The van der Waals surface area contributed by atoms with Crippen molar-refractivity contribution in [3.63, 3.8) is 0 Å². The van der Waals surface area contributed by atoms with Crippen molar-refractivity contribution in [2.45, 2.75) is 25.7 Å². The molecule has 0 saturated heterocycles. The summed E-state index contributed by atoms with van der Waals surface area (Å²) in [6, 6.07) is 7.26. The van der Waals surface area contributed by atoms with Crippen LogP contribution in [0.4, 0.5) is 5.69 Å². The number of unbranched alkanes of at least 4 members (excludes halogenated alkanes) is 2. The van der Waals surface area contributed by atoms with Crippen LogP contribution in [0.3, 0.4) is 0 Å². The van der Waals surface area contributed by atoms with E-state index in [-0.39, 0.29) is 5.91 Å². The van der Waals surface area contributed by atoms with Crippen molar-refractivity contribution >= 4 is 27.5 Å². The average molecular weight is 310 g/mol. The minimum absolute atomic E-state index is 0.0640. The van der Waals surface area contributed by atoms with Crippen LogP contribution in [0.1, 0.15) is 31.2 Å². The fourth-order valence-corrected chi connectivity index (χ4v) is 1.90. The van der Waals surface area contributed by atoms with Gasteiger partial charge >= 0.3 is 0 Å². The number of nitriles is 1. The van der Waals surface area contributed by atoms with Crippen LogP contribution in [0.15, 0.2) is 22.7 Å². The number of nitrogens with zero attached hydrogens (tertiary/aromatic N) is 1. The summed E-state index contributed by atoms with van der Waals surface area (Å²) in [5.74, 6) is -0.0640. The molecule has 96 valence electrons. The smallest absolute Gasteiger partial charge is 0.224 e. The van der Waals surface area contributed by atoms with Gasteiger partial charge < -0.3 is 11.1 Å². The Morgan fingerprint density at radius 1 is 1.39 bits per heavy atom. The van der Waals surface area contributed by atoms with Crippen LogP contribution in [0, 0.1) is 11.3 Å². The molecule has 0 fully saturated rings. The van der Waals surface area contributed by atoms with Crippen molar-refractivity contribution in [3.05, 3.63) is 28.2 Å². The van der Waals surface area contributed by atoms with Crippen molar-refractivity contribution in [1.29, 1.82) is 5.26 Å². The van der Waals surface area contributed by atoms with E-state index in [4.69, 9.17) is 11.0 Å². The van der Waals surface area contributed by atoms with Crippen molar-refractivity contribution in [3.8, 4) is 6.07 Å². The maximum absolute atomic E-state index is 11.7. The van der Waals surface area contributed by atoms with Crippen molar-refractivity contribution in [2.24, 2.45) is 5.73 Å². The quantitative estimate of drug-likeness (QED) is 0.793. The summed E-state index contributed by atoms with van der Waals surface area (Å²) in [6.45, 7) is 0.660. The van der Waals surface area contributed by atoms with Gasteiger partial charge in [-0.3, -0.25) is 4.79 Å². The first-order valence-electron chi connectivity index (χ1n) is 5.87. The lowest BCUT2D eigenvalue weighted by atomic mass is 10.1. The summed E-state index contributed by atoms with van der Waals surface area (Å²) in [7, 11) is 0. The first-order chi connectivity index (χ1) is 8.67. The Balaban J connectivity index is 2.52. The molecule has 0 atom stereocenters. The van der Waals surface area contributed by atoms with Gasteiger partial charge in [0.15, 0.2) is 0 Å². The minimum atomic E-state index is -0.0640. The number of hydrogen-bond donors (Lipinski definition) is 2. The van der Waals surface area contributed by atoms with Crippen LogP contribution in [0.25, 0.3) is 0 Å². The first kappa shape index (κ1) is 14.7. The SMILES string of the molecule is N#Cc1cc(Br)ccc1NC(=O)CCCCCN. The minimum Gasteiger partial charge on any atom is -0.330 e. The lowest BCUT2D eigenvalue weighted by Crippen LogP contribution is -2.12. The van der Waals surface area contributed by atoms with Gasteiger partial charge in [-0.25, -0.2) is 0 Å². The zero-order valence-electron chi connectivity index (χ0n) is 10.1. The highest BCUT2D eigenvalue weighted by molar-refractivity contribution is 9.10. The maximum atomic E-state index is 11.7. The molecule has 3 N–H and O–H groups in total. The Hall–Kier alpha value is -1.38. The third-order valence-corrected chi connectivity index (χ3v) is 2.98. The normalized spacial score (nSPS) is 9.83. The van der Waals surface area contributed by atoms with E-state index in [1.807, 2.05) is 0 Å². The number of halogens is 1. The highest BCUT2D eigenvalue weighted by atomic mass is 79.9. The monoisotopic (exact) mass is 309 g/mol. The Kier molecular flexibility index (Phi) is 6.40. The number of rotatable bonds is 6. The van der Waals surface area contributed by atoms with Gasteiger partial charge in [0.1, 0.15) is 6.07 Å². The molecule has 4 nitrogen and oxygen atoms in total. The van der Waals surface area contributed by atoms with Gasteiger partial charge in [0.2, 0.25) is 5.91 Å².